The number of piperidine rings is 1. The van der Waals surface area contributed by atoms with Crippen LogP contribution in [0.5, 0.6) is 5.75 Å². The van der Waals surface area contributed by atoms with Crippen LogP contribution in [0, 0.1) is 11.7 Å². The summed E-state index contributed by atoms with van der Waals surface area (Å²) in [5.74, 6) is -0.378. The van der Waals surface area contributed by atoms with Crippen molar-refractivity contribution in [3.63, 3.8) is 0 Å². The van der Waals surface area contributed by atoms with Gasteiger partial charge in [0.25, 0.3) is 0 Å². The first-order valence-electron chi connectivity index (χ1n) is 15.3. The van der Waals surface area contributed by atoms with E-state index < -0.39 is 17.6 Å². The summed E-state index contributed by atoms with van der Waals surface area (Å²) in [5, 5.41) is 0.666. The number of aromatic nitrogens is 2. The van der Waals surface area contributed by atoms with E-state index >= 15 is 4.39 Å². The van der Waals surface area contributed by atoms with E-state index in [1.54, 1.807) is 26.0 Å². The lowest BCUT2D eigenvalue weighted by Gasteiger charge is -2.44. The number of likely N-dealkylation sites (tertiary alicyclic amines) is 1. The van der Waals surface area contributed by atoms with Gasteiger partial charge < -0.3 is 23.5 Å². The predicted octanol–water partition coefficient (Wildman–Crippen LogP) is 7.74. The predicted molar refractivity (Wildman–Crippen MR) is 171 cm³/mol. The van der Waals surface area contributed by atoms with E-state index in [0.29, 0.717) is 44.8 Å². The molecule has 4 aromatic rings. The molecular formula is C33H34Cl2FN3O5S. The number of thiophene rings is 1. The molecule has 0 bridgehead atoms. The minimum Gasteiger partial charge on any atom is -0.462 e. The molecule has 2 aromatic carbocycles. The minimum absolute atomic E-state index is 0.115. The number of benzene rings is 2. The zero-order valence-corrected chi connectivity index (χ0v) is 27.4. The van der Waals surface area contributed by atoms with Gasteiger partial charge in [-0.1, -0.05) is 41.4 Å². The van der Waals surface area contributed by atoms with Crippen molar-refractivity contribution in [2.75, 3.05) is 26.3 Å². The summed E-state index contributed by atoms with van der Waals surface area (Å²) in [6.45, 7) is 7.56. The summed E-state index contributed by atoms with van der Waals surface area (Å²) in [5.41, 5.74) is 1.93. The Bertz CT molecular complexity index is 1730. The number of nitrogens with zero attached hydrogens (tertiary/aromatic N) is 3. The molecular weight excluding hydrogens is 640 g/mol. The van der Waals surface area contributed by atoms with Crippen LogP contribution in [0.2, 0.25) is 10.0 Å². The monoisotopic (exact) mass is 673 g/mol. The summed E-state index contributed by atoms with van der Waals surface area (Å²) >= 11 is 14.0. The van der Waals surface area contributed by atoms with Crippen LogP contribution in [0.15, 0.2) is 42.5 Å². The number of hydrogen-bond acceptors (Lipinski definition) is 8. The highest BCUT2D eigenvalue weighted by Crippen LogP contribution is 2.49. The molecule has 2 fully saturated rings. The molecule has 5 heterocycles. The van der Waals surface area contributed by atoms with Crippen molar-refractivity contribution in [2.45, 2.75) is 64.2 Å². The number of hydrogen-bond donors (Lipinski definition) is 0. The first-order valence-corrected chi connectivity index (χ1v) is 16.9. The minimum atomic E-state index is -1.30. The van der Waals surface area contributed by atoms with E-state index in [0.717, 1.165) is 55.2 Å². The van der Waals surface area contributed by atoms with E-state index in [1.165, 1.54) is 17.4 Å². The molecule has 1 unspecified atom stereocenters. The zero-order chi connectivity index (χ0) is 31.3. The maximum atomic E-state index is 15.1. The fourth-order valence-electron chi connectivity index (χ4n) is 6.54. The molecule has 3 atom stereocenters. The molecule has 12 heteroatoms. The van der Waals surface area contributed by atoms with Crippen molar-refractivity contribution >= 4 is 50.9 Å². The van der Waals surface area contributed by atoms with Gasteiger partial charge in [0.1, 0.15) is 32.6 Å². The molecule has 7 rings (SSSR count). The molecule has 0 saturated carbocycles. The number of carbonyl (C=O) groups excluding carboxylic acids is 1. The molecule has 3 aliphatic heterocycles. The molecule has 0 radical (unpaired) electrons. The van der Waals surface area contributed by atoms with Gasteiger partial charge in [-0.2, -0.15) is 0 Å². The zero-order valence-electron chi connectivity index (χ0n) is 25.1. The Morgan fingerprint density at radius 1 is 1.18 bits per heavy atom. The van der Waals surface area contributed by atoms with Gasteiger partial charge in [-0.15, -0.1) is 11.3 Å². The van der Waals surface area contributed by atoms with E-state index in [1.807, 2.05) is 24.3 Å². The topological polar surface area (TPSA) is 75.0 Å². The second-order valence-corrected chi connectivity index (χ2v) is 13.7. The van der Waals surface area contributed by atoms with Gasteiger partial charge >= 0.3 is 5.97 Å². The quantitative estimate of drug-likeness (QED) is 0.177. The van der Waals surface area contributed by atoms with Crippen LogP contribution in [0.25, 0.3) is 10.3 Å². The molecule has 8 nitrogen and oxygen atoms in total. The molecule has 45 heavy (non-hydrogen) atoms. The second kappa shape index (κ2) is 12.5. The summed E-state index contributed by atoms with van der Waals surface area (Å²) in [6, 6.07) is 12.4. The second-order valence-electron chi connectivity index (χ2n) is 11.9. The Labute approximate surface area is 274 Å². The van der Waals surface area contributed by atoms with Gasteiger partial charge in [0.2, 0.25) is 5.79 Å². The number of esters is 1. The average Bonchev–Trinajstić information content (AvgIpc) is 3.50. The number of imidazole rings is 1. The molecule has 0 aliphatic carbocycles. The standard InChI is InChI=1S/C33H34Cl2FN3O5S/c1-3-41-32(40)30-27(35)28-31(45-30)39(17-21-12-15-42-21)26(37-28)18-38-13-10-19(11-14-38)29-22-6-4-5-7-25(22)43-33(2,44-29)23-9-8-20(34)16-24(23)36/h4-9,16,19,21,29H,3,10-15,17-18H2,1-2H3/t21-,29?,33+/m0/s1. The van der Waals surface area contributed by atoms with Gasteiger partial charge in [-0.25, -0.2) is 14.2 Å². The van der Waals surface area contributed by atoms with Crippen LogP contribution >= 0.6 is 34.5 Å². The van der Waals surface area contributed by atoms with Crippen molar-refractivity contribution in [3.05, 3.63) is 80.2 Å². The van der Waals surface area contributed by atoms with Gasteiger partial charge in [-0.05, 0) is 69.5 Å². The van der Waals surface area contributed by atoms with Crippen LogP contribution in [0.1, 0.15) is 65.8 Å². The summed E-state index contributed by atoms with van der Waals surface area (Å²) < 4.78 is 41.2. The van der Waals surface area contributed by atoms with E-state index in [2.05, 4.69) is 9.47 Å². The van der Waals surface area contributed by atoms with Gasteiger partial charge in [0.15, 0.2) is 0 Å². The molecule has 0 N–H and O–H groups in total. The lowest BCUT2D eigenvalue weighted by atomic mass is 9.85. The third-order valence-corrected chi connectivity index (χ3v) is 10.9. The summed E-state index contributed by atoms with van der Waals surface area (Å²) in [4.78, 5) is 21.1. The molecule has 3 aliphatic rings. The fourth-order valence-corrected chi connectivity index (χ4v) is 8.13. The van der Waals surface area contributed by atoms with Crippen molar-refractivity contribution in [3.8, 4) is 5.75 Å². The average molecular weight is 675 g/mol. The van der Waals surface area contributed by atoms with Crippen LogP contribution in [0.4, 0.5) is 4.39 Å². The number of carbonyl (C=O) groups is 1. The third kappa shape index (κ3) is 5.85. The Hall–Kier alpha value is -2.73. The smallest absolute Gasteiger partial charge is 0.350 e. The lowest BCUT2D eigenvalue weighted by molar-refractivity contribution is -0.243. The first kappa shape index (κ1) is 30.9. The van der Waals surface area contributed by atoms with Gasteiger partial charge in [-0.3, -0.25) is 4.90 Å². The maximum Gasteiger partial charge on any atom is 0.350 e. The van der Waals surface area contributed by atoms with Crippen LogP contribution in [-0.2, 0) is 33.1 Å². The Morgan fingerprint density at radius 2 is 1.96 bits per heavy atom. The largest absolute Gasteiger partial charge is 0.462 e. The normalized spacial score (nSPS) is 23.8. The molecule has 0 amide bonds. The van der Waals surface area contributed by atoms with E-state index in [9.17, 15) is 4.79 Å². The molecule has 2 aromatic heterocycles. The number of para-hydroxylation sites is 1. The first-order chi connectivity index (χ1) is 21.7. The van der Waals surface area contributed by atoms with Crippen molar-refractivity contribution in [1.82, 2.24) is 14.5 Å². The van der Waals surface area contributed by atoms with Crippen molar-refractivity contribution < 1.29 is 28.1 Å². The summed E-state index contributed by atoms with van der Waals surface area (Å²) in [7, 11) is 0. The number of halogens is 3. The highest BCUT2D eigenvalue weighted by Gasteiger charge is 2.44. The third-order valence-electron chi connectivity index (χ3n) is 8.97. The van der Waals surface area contributed by atoms with Gasteiger partial charge in [0, 0.05) is 24.1 Å². The van der Waals surface area contributed by atoms with Crippen LogP contribution < -0.4 is 4.74 Å². The highest BCUT2D eigenvalue weighted by molar-refractivity contribution is 7.21. The molecule has 0 spiro atoms. The number of rotatable bonds is 8. The molecule has 238 valence electrons. The number of ether oxygens (including phenoxy) is 4. The summed E-state index contributed by atoms with van der Waals surface area (Å²) in [6.07, 6.45) is 2.60. The van der Waals surface area contributed by atoms with Crippen LogP contribution in [0.3, 0.4) is 0 Å². The lowest BCUT2D eigenvalue weighted by Crippen LogP contribution is -2.43. The van der Waals surface area contributed by atoms with Gasteiger partial charge in [0.05, 0.1) is 42.5 Å². The number of fused-ring (bicyclic) bond motifs is 2. The van der Waals surface area contributed by atoms with E-state index in [4.69, 9.17) is 47.1 Å². The Kier molecular flexibility index (Phi) is 8.56. The Morgan fingerprint density at radius 3 is 2.67 bits per heavy atom. The SMILES string of the molecule is CCOC(=O)c1sc2c(nc(CN3CCC(C4O[C@](C)(c5ccc(Cl)cc5F)Oc5ccccc54)CC3)n2C[C@@H]2CCO2)c1Cl. The highest BCUT2D eigenvalue weighted by atomic mass is 35.5. The Balaban J connectivity index is 1.10. The fraction of sp³-hybridized carbons (Fsp3) is 0.455. The van der Waals surface area contributed by atoms with Crippen molar-refractivity contribution in [1.29, 1.82) is 0 Å². The maximum absolute atomic E-state index is 15.1. The molecule has 2 saturated heterocycles. The van der Waals surface area contributed by atoms with Crippen molar-refractivity contribution in [2.24, 2.45) is 5.92 Å². The van der Waals surface area contributed by atoms with E-state index in [-0.39, 0.29) is 24.7 Å². The van der Waals surface area contributed by atoms with Crippen LogP contribution in [-0.4, -0.2) is 52.8 Å².